The highest BCUT2D eigenvalue weighted by Crippen LogP contribution is 2.41. The number of piperidine rings is 4. The molecule has 2 aliphatic carbocycles. The van der Waals surface area contributed by atoms with E-state index in [9.17, 15) is 24.0 Å². The van der Waals surface area contributed by atoms with Gasteiger partial charge in [0.1, 0.15) is 5.78 Å². The van der Waals surface area contributed by atoms with Gasteiger partial charge in [0.2, 0.25) is 11.8 Å². The number of likely N-dealkylation sites (tertiary alicyclic amines) is 5. The first-order valence-corrected chi connectivity index (χ1v) is 24.9. The molecule has 2 aromatic rings. The SMILES string of the molecule is Cc1ccccc1C(=O)N1CCC(=O)CC1.Cc1ccccc1C(=O)N1CCC(N2CCC(N3C(=O)C[C@H]4CCCC[C@@H]43)CC2)CC1.Cl.O=C1C[C@H]2CCCC[C@@H]2N1C1CCNCC1. The molecule has 0 spiro atoms. The van der Waals surface area contributed by atoms with Crippen LogP contribution in [0.2, 0.25) is 0 Å². The molecular formula is C52H75ClN6O5. The number of nitrogens with one attached hydrogen (secondary N) is 1. The minimum atomic E-state index is 0. The fraction of sp³-hybridized carbons (Fsp3) is 0.673. The molecule has 11 nitrogen and oxygen atoms in total. The smallest absolute Gasteiger partial charge is 0.254 e. The molecule has 8 fully saturated rings. The second kappa shape index (κ2) is 22.6. The molecule has 4 atom stereocenters. The van der Waals surface area contributed by atoms with Gasteiger partial charge in [0, 0.05) is 106 Å². The van der Waals surface area contributed by atoms with E-state index in [1.54, 1.807) is 4.90 Å². The molecule has 8 aliphatic rings. The van der Waals surface area contributed by atoms with Crippen LogP contribution in [0, 0.1) is 25.7 Å². The first-order chi connectivity index (χ1) is 30.7. The number of hydrogen-bond acceptors (Lipinski definition) is 7. The average Bonchev–Trinajstić information content (AvgIpc) is 3.85. The Morgan fingerprint density at radius 1 is 0.516 bits per heavy atom. The number of rotatable bonds is 5. The molecule has 2 saturated carbocycles. The molecule has 0 radical (unpaired) electrons. The first-order valence-electron chi connectivity index (χ1n) is 24.9. The first kappa shape index (κ1) is 48.1. The van der Waals surface area contributed by atoms with Gasteiger partial charge in [-0.05, 0) is 126 Å². The van der Waals surface area contributed by atoms with E-state index in [4.69, 9.17) is 0 Å². The summed E-state index contributed by atoms with van der Waals surface area (Å²) in [7, 11) is 0. The molecule has 6 aliphatic heterocycles. The van der Waals surface area contributed by atoms with Gasteiger partial charge in [0.15, 0.2) is 0 Å². The highest BCUT2D eigenvalue weighted by Gasteiger charge is 2.46. The predicted octanol–water partition coefficient (Wildman–Crippen LogP) is 7.61. The van der Waals surface area contributed by atoms with E-state index in [-0.39, 0.29) is 30.0 Å². The summed E-state index contributed by atoms with van der Waals surface area (Å²) in [5.74, 6) is 2.69. The van der Waals surface area contributed by atoms with Gasteiger partial charge in [-0.1, -0.05) is 62.1 Å². The molecule has 6 heterocycles. The van der Waals surface area contributed by atoms with Crippen LogP contribution in [0.15, 0.2) is 48.5 Å². The van der Waals surface area contributed by atoms with E-state index in [1.807, 2.05) is 67.3 Å². The Morgan fingerprint density at radius 3 is 1.42 bits per heavy atom. The Bertz CT molecular complexity index is 1910. The summed E-state index contributed by atoms with van der Waals surface area (Å²) in [6.07, 6.45) is 19.7. The van der Waals surface area contributed by atoms with Gasteiger partial charge in [0.05, 0.1) is 0 Å². The Labute approximate surface area is 388 Å². The van der Waals surface area contributed by atoms with Crippen LogP contribution in [-0.4, -0.2) is 136 Å². The zero-order valence-corrected chi connectivity index (χ0v) is 39.5. The van der Waals surface area contributed by atoms with Crippen LogP contribution in [-0.2, 0) is 14.4 Å². The van der Waals surface area contributed by atoms with Crippen molar-refractivity contribution in [1.29, 1.82) is 0 Å². The quantitative estimate of drug-likeness (QED) is 0.329. The van der Waals surface area contributed by atoms with E-state index < -0.39 is 0 Å². The maximum absolute atomic E-state index is 12.9. The third kappa shape index (κ3) is 11.2. The standard InChI is InChI=1S/C26H37N3O2.C13H22N2O.C13H15NO2.ClH/c1-19-6-2-4-8-23(19)26(31)28-16-10-21(11-17-28)27-14-12-22(13-15-27)29-24-9-5-3-7-20(24)18-25(29)30;16-13-9-10-3-1-2-4-12(10)15(13)11-5-7-14-8-6-11;1-10-4-2-3-5-12(10)13(16)14-8-6-11(15)7-9-14;/h2,4,6,8,20-22,24H,3,5,7,9-18H2,1H3;10-12,14H,1-9H2;2-5H,6-9H2,1H3;1H/t20-,24+;10-,12+;;/m11../s1. The van der Waals surface area contributed by atoms with Gasteiger partial charge in [-0.15, -0.1) is 12.4 Å². The number of amides is 4. The maximum atomic E-state index is 12.9. The minimum absolute atomic E-state index is 0. The van der Waals surface area contributed by atoms with Crippen LogP contribution in [0.4, 0.5) is 0 Å². The zero-order valence-electron chi connectivity index (χ0n) is 38.7. The lowest BCUT2D eigenvalue weighted by molar-refractivity contribution is -0.133. The van der Waals surface area contributed by atoms with Gasteiger partial charge >= 0.3 is 0 Å². The Morgan fingerprint density at radius 2 is 0.938 bits per heavy atom. The third-order valence-electron chi connectivity index (χ3n) is 16.1. The van der Waals surface area contributed by atoms with Crippen molar-refractivity contribution in [2.24, 2.45) is 11.8 Å². The molecule has 4 amide bonds. The number of carbonyl (C=O) groups is 5. The number of hydrogen-bond donors (Lipinski definition) is 1. The van der Waals surface area contributed by atoms with Crippen molar-refractivity contribution in [3.05, 3.63) is 70.8 Å². The highest BCUT2D eigenvalue weighted by atomic mass is 35.5. The fourth-order valence-corrected chi connectivity index (χ4v) is 12.5. The van der Waals surface area contributed by atoms with Crippen molar-refractivity contribution >= 4 is 41.8 Å². The summed E-state index contributed by atoms with van der Waals surface area (Å²) in [6, 6.07) is 18.2. The molecule has 0 unspecified atom stereocenters. The van der Waals surface area contributed by atoms with Crippen molar-refractivity contribution in [2.45, 2.75) is 160 Å². The molecule has 6 saturated heterocycles. The largest absolute Gasteiger partial charge is 0.339 e. The normalized spacial score (nSPS) is 27.1. The van der Waals surface area contributed by atoms with E-state index in [0.717, 1.165) is 113 Å². The second-order valence-electron chi connectivity index (χ2n) is 20.0. The number of aryl methyl sites for hydroxylation is 2. The molecule has 0 aromatic heterocycles. The number of Topliss-reactive ketones (excluding diaryl/α,β-unsaturated/α-hetero) is 1. The Hall–Kier alpha value is -3.80. The molecule has 0 bridgehead atoms. The summed E-state index contributed by atoms with van der Waals surface area (Å²) in [5.41, 5.74) is 3.65. The summed E-state index contributed by atoms with van der Waals surface area (Å²) < 4.78 is 0. The van der Waals surface area contributed by atoms with E-state index in [1.165, 1.54) is 51.4 Å². The van der Waals surface area contributed by atoms with Crippen LogP contribution < -0.4 is 5.32 Å². The molecule has 64 heavy (non-hydrogen) atoms. The zero-order chi connectivity index (χ0) is 43.9. The van der Waals surface area contributed by atoms with Gasteiger partial charge in [-0.25, -0.2) is 0 Å². The van der Waals surface area contributed by atoms with E-state index in [0.29, 0.717) is 79.8 Å². The Kier molecular flexibility index (Phi) is 17.0. The number of fused-ring (bicyclic) bond motifs is 2. The van der Waals surface area contributed by atoms with Gasteiger partial charge < -0.3 is 29.8 Å². The van der Waals surface area contributed by atoms with Crippen molar-refractivity contribution in [3.8, 4) is 0 Å². The van der Waals surface area contributed by atoms with Gasteiger partial charge in [0.25, 0.3) is 11.8 Å². The van der Waals surface area contributed by atoms with Crippen molar-refractivity contribution in [1.82, 2.24) is 29.8 Å². The van der Waals surface area contributed by atoms with E-state index in [2.05, 4.69) is 20.0 Å². The van der Waals surface area contributed by atoms with Gasteiger partial charge in [-0.3, -0.25) is 24.0 Å². The second-order valence-corrected chi connectivity index (χ2v) is 20.0. The van der Waals surface area contributed by atoms with Crippen molar-refractivity contribution in [3.63, 3.8) is 0 Å². The number of nitrogens with zero attached hydrogens (tertiary/aromatic N) is 5. The molecular weight excluding hydrogens is 824 g/mol. The fourth-order valence-electron chi connectivity index (χ4n) is 12.5. The van der Waals surface area contributed by atoms with Gasteiger partial charge in [-0.2, -0.15) is 0 Å². The van der Waals surface area contributed by atoms with Crippen molar-refractivity contribution in [2.75, 3.05) is 52.4 Å². The number of carbonyl (C=O) groups excluding carboxylic acids is 5. The van der Waals surface area contributed by atoms with E-state index >= 15 is 0 Å². The number of ketones is 1. The minimum Gasteiger partial charge on any atom is -0.339 e. The summed E-state index contributed by atoms with van der Waals surface area (Å²) in [5, 5.41) is 3.39. The van der Waals surface area contributed by atoms with Crippen LogP contribution in [0.3, 0.4) is 0 Å². The average molecular weight is 900 g/mol. The number of halogens is 1. The topological polar surface area (TPSA) is 114 Å². The van der Waals surface area contributed by atoms with Crippen LogP contribution >= 0.6 is 12.4 Å². The van der Waals surface area contributed by atoms with Crippen LogP contribution in [0.5, 0.6) is 0 Å². The molecule has 350 valence electrons. The highest BCUT2D eigenvalue weighted by molar-refractivity contribution is 5.97. The van der Waals surface area contributed by atoms with Crippen LogP contribution in [0.25, 0.3) is 0 Å². The van der Waals surface area contributed by atoms with Crippen molar-refractivity contribution < 1.29 is 24.0 Å². The number of benzene rings is 2. The predicted molar refractivity (Wildman–Crippen MR) is 254 cm³/mol. The molecule has 1 N–H and O–H groups in total. The summed E-state index contributed by atoms with van der Waals surface area (Å²) in [6.45, 7) is 11.2. The Balaban J connectivity index is 0.000000157. The lowest BCUT2D eigenvalue weighted by Crippen LogP contribution is -2.53. The lowest BCUT2D eigenvalue weighted by Gasteiger charge is -2.45. The summed E-state index contributed by atoms with van der Waals surface area (Å²) >= 11 is 0. The lowest BCUT2D eigenvalue weighted by atomic mass is 9.84. The third-order valence-corrected chi connectivity index (χ3v) is 16.1. The summed E-state index contributed by atoms with van der Waals surface area (Å²) in [4.78, 5) is 72.1. The monoisotopic (exact) mass is 899 g/mol. The molecule has 12 heteroatoms. The molecule has 10 rings (SSSR count). The maximum Gasteiger partial charge on any atom is 0.254 e. The van der Waals surface area contributed by atoms with Crippen LogP contribution in [0.1, 0.15) is 147 Å². The molecule has 2 aromatic carbocycles.